The minimum absolute atomic E-state index is 0.281. The van der Waals surface area contributed by atoms with Crippen LogP contribution in [0.25, 0.3) is 0 Å². The van der Waals surface area contributed by atoms with Gasteiger partial charge in [-0.05, 0) is 24.3 Å². The number of hydrogen-bond acceptors (Lipinski definition) is 4. The van der Waals surface area contributed by atoms with Gasteiger partial charge in [0.2, 0.25) is 0 Å². The molecule has 0 radical (unpaired) electrons. The quantitative estimate of drug-likeness (QED) is 0.717. The van der Waals surface area contributed by atoms with Crippen molar-refractivity contribution in [3.63, 3.8) is 0 Å². The summed E-state index contributed by atoms with van der Waals surface area (Å²) in [7, 11) is -0.281. The molecule has 4 nitrogen and oxygen atoms in total. The van der Waals surface area contributed by atoms with E-state index in [1.165, 1.54) is 5.69 Å². The third-order valence-corrected chi connectivity index (χ3v) is 2.44. The molecule has 1 fully saturated rings. The summed E-state index contributed by atoms with van der Waals surface area (Å²) in [6.45, 7) is 3.43. The zero-order chi connectivity index (χ0) is 10.5. The van der Waals surface area contributed by atoms with Crippen molar-refractivity contribution in [1.29, 1.82) is 0 Å². The van der Waals surface area contributed by atoms with Crippen molar-refractivity contribution >= 4 is 13.4 Å². The average Bonchev–Trinajstić information content (AvgIpc) is 2.32. The number of hydrogen-bond donors (Lipinski definition) is 1. The van der Waals surface area contributed by atoms with E-state index in [2.05, 4.69) is 4.90 Å². The molecule has 80 valence electrons. The molecule has 0 amide bonds. The van der Waals surface area contributed by atoms with Gasteiger partial charge in [-0.15, -0.1) is 0 Å². The van der Waals surface area contributed by atoms with Gasteiger partial charge in [0.1, 0.15) is 5.75 Å². The maximum Gasteiger partial charge on any atom is 0.504 e. The molecule has 15 heavy (non-hydrogen) atoms. The van der Waals surface area contributed by atoms with Crippen LogP contribution in [0.4, 0.5) is 5.69 Å². The average molecular weight is 207 g/mol. The number of morpholine rings is 1. The second-order valence-corrected chi connectivity index (χ2v) is 3.37. The number of benzene rings is 1. The smallest absolute Gasteiger partial charge is 0.504 e. The summed E-state index contributed by atoms with van der Waals surface area (Å²) in [5.41, 5.74) is 1.17. The van der Waals surface area contributed by atoms with Crippen molar-refractivity contribution in [2.24, 2.45) is 0 Å². The molecule has 1 heterocycles. The first-order valence-corrected chi connectivity index (χ1v) is 5.06. The fourth-order valence-corrected chi connectivity index (χ4v) is 1.65. The lowest BCUT2D eigenvalue weighted by Crippen LogP contribution is -2.36. The van der Waals surface area contributed by atoms with Crippen molar-refractivity contribution in [2.75, 3.05) is 31.2 Å². The highest BCUT2D eigenvalue weighted by Crippen LogP contribution is 2.19. The SMILES string of the molecule is OBOc1ccc(N2CCOCC2)cc1. The van der Waals surface area contributed by atoms with Gasteiger partial charge in [-0.3, -0.25) is 0 Å². The zero-order valence-electron chi connectivity index (χ0n) is 8.56. The van der Waals surface area contributed by atoms with Crippen LogP contribution in [0.3, 0.4) is 0 Å². The molecule has 5 heteroatoms. The molecule has 0 bridgehead atoms. The first kappa shape index (κ1) is 10.3. The molecule has 1 aromatic carbocycles. The summed E-state index contributed by atoms with van der Waals surface area (Å²) >= 11 is 0. The Balaban J connectivity index is 2.02. The summed E-state index contributed by atoms with van der Waals surface area (Å²) in [6.07, 6.45) is 0. The van der Waals surface area contributed by atoms with Crippen LogP contribution < -0.4 is 9.55 Å². The lowest BCUT2D eigenvalue weighted by molar-refractivity contribution is 0.122. The molecule has 0 unspecified atom stereocenters. The van der Waals surface area contributed by atoms with Gasteiger partial charge in [-0.25, -0.2) is 0 Å². The van der Waals surface area contributed by atoms with Crippen LogP contribution in [0.5, 0.6) is 5.75 Å². The maximum absolute atomic E-state index is 8.59. The Bertz CT molecular complexity index is 298. The molecule has 0 aromatic heterocycles. The number of nitrogens with zero attached hydrogens (tertiary/aromatic N) is 1. The molecule has 1 saturated heterocycles. The first-order chi connectivity index (χ1) is 7.40. The van der Waals surface area contributed by atoms with Gasteiger partial charge in [0, 0.05) is 18.8 Å². The topological polar surface area (TPSA) is 41.9 Å². The molecule has 1 aliphatic heterocycles. The number of anilines is 1. The fourth-order valence-electron chi connectivity index (χ4n) is 1.65. The van der Waals surface area contributed by atoms with Crippen LogP contribution in [-0.2, 0) is 4.74 Å². The molecular weight excluding hydrogens is 193 g/mol. The van der Waals surface area contributed by atoms with Crippen molar-refractivity contribution < 1.29 is 14.4 Å². The molecule has 0 atom stereocenters. The van der Waals surface area contributed by atoms with E-state index in [9.17, 15) is 0 Å². The molecule has 0 spiro atoms. The minimum atomic E-state index is -0.281. The van der Waals surface area contributed by atoms with Crippen molar-refractivity contribution in [3.05, 3.63) is 24.3 Å². The second-order valence-electron chi connectivity index (χ2n) is 3.37. The highest BCUT2D eigenvalue weighted by atomic mass is 16.5. The maximum atomic E-state index is 8.59. The van der Waals surface area contributed by atoms with E-state index in [0.29, 0.717) is 5.75 Å². The van der Waals surface area contributed by atoms with Crippen LogP contribution in [0.2, 0.25) is 0 Å². The third-order valence-electron chi connectivity index (χ3n) is 2.44. The third kappa shape index (κ3) is 2.64. The standard InChI is InChI=1S/C10H14BNO3/c13-11-15-10-3-1-9(2-4-10)12-5-7-14-8-6-12/h1-4,11,13H,5-8H2. The lowest BCUT2D eigenvalue weighted by atomic mass is 10.2. The van der Waals surface area contributed by atoms with E-state index in [1.807, 2.05) is 24.3 Å². The molecule has 0 saturated carbocycles. The Morgan fingerprint density at radius 1 is 1.20 bits per heavy atom. The number of rotatable bonds is 3. The highest BCUT2D eigenvalue weighted by molar-refractivity contribution is 6.17. The first-order valence-electron chi connectivity index (χ1n) is 5.06. The molecule has 1 aliphatic rings. The predicted molar refractivity (Wildman–Crippen MR) is 59.5 cm³/mol. The van der Waals surface area contributed by atoms with Crippen LogP contribution in [0, 0.1) is 0 Å². The molecule has 0 aliphatic carbocycles. The zero-order valence-corrected chi connectivity index (χ0v) is 8.56. The van der Waals surface area contributed by atoms with Crippen molar-refractivity contribution in [3.8, 4) is 5.75 Å². The van der Waals surface area contributed by atoms with Gasteiger partial charge >= 0.3 is 7.69 Å². The normalized spacial score (nSPS) is 16.2. The van der Waals surface area contributed by atoms with E-state index in [0.717, 1.165) is 26.3 Å². The summed E-state index contributed by atoms with van der Waals surface area (Å²) in [5.74, 6) is 0.689. The Kier molecular flexibility index (Phi) is 3.47. The monoisotopic (exact) mass is 207 g/mol. The van der Waals surface area contributed by atoms with Gasteiger partial charge in [-0.1, -0.05) is 0 Å². The Labute approximate surface area is 89.7 Å². The van der Waals surface area contributed by atoms with Gasteiger partial charge in [0.15, 0.2) is 0 Å². The van der Waals surface area contributed by atoms with E-state index in [-0.39, 0.29) is 7.69 Å². The van der Waals surface area contributed by atoms with E-state index in [4.69, 9.17) is 14.4 Å². The minimum Gasteiger partial charge on any atom is -0.539 e. The van der Waals surface area contributed by atoms with E-state index in [1.54, 1.807) is 0 Å². The van der Waals surface area contributed by atoms with E-state index >= 15 is 0 Å². The molecule has 1 N–H and O–H groups in total. The van der Waals surface area contributed by atoms with Crippen molar-refractivity contribution in [1.82, 2.24) is 0 Å². The second kappa shape index (κ2) is 5.05. The molecular formula is C10H14BNO3. The largest absolute Gasteiger partial charge is 0.539 e. The van der Waals surface area contributed by atoms with Crippen LogP contribution in [0.1, 0.15) is 0 Å². The van der Waals surface area contributed by atoms with Gasteiger partial charge in [0.05, 0.1) is 13.2 Å². The summed E-state index contributed by atoms with van der Waals surface area (Å²) < 4.78 is 10.2. The summed E-state index contributed by atoms with van der Waals surface area (Å²) in [6, 6.07) is 7.72. The fraction of sp³-hybridized carbons (Fsp3) is 0.400. The summed E-state index contributed by atoms with van der Waals surface area (Å²) in [5, 5.41) is 8.59. The Morgan fingerprint density at radius 2 is 1.87 bits per heavy atom. The van der Waals surface area contributed by atoms with Gasteiger partial charge in [-0.2, -0.15) is 0 Å². The van der Waals surface area contributed by atoms with Crippen LogP contribution in [0.15, 0.2) is 24.3 Å². The molecule has 1 aromatic rings. The summed E-state index contributed by atoms with van der Waals surface area (Å²) in [4.78, 5) is 2.27. The van der Waals surface area contributed by atoms with Gasteiger partial charge in [0.25, 0.3) is 0 Å². The van der Waals surface area contributed by atoms with Gasteiger partial charge < -0.3 is 19.3 Å². The van der Waals surface area contributed by atoms with Crippen LogP contribution >= 0.6 is 0 Å². The molecule has 2 rings (SSSR count). The lowest BCUT2D eigenvalue weighted by Gasteiger charge is -2.28. The van der Waals surface area contributed by atoms with E-state index < -0.39 is 0 Å². The Morgan fingerprint density at radius 3 is 2.47 bits per heavy atom. The Hall–Kier alpha value is -1.20. The number of ether oxygens (including phenoxy) is 1. The highest BCUT2D eigenvalue weighted by Gasteiger charge is 2.10. The predicted octanol–water partition coefficient (Wildman–Crippen LogP) is 0.161. The van der Waals surface area contributed by atoms with Crippen molar-refractivity contribution in [2.45, 2.75) is 0 Å². The van der Waals surface area contributed by atoms with Crippen LogP contribution in [-0.4, -0.2) is 39.0 Å².